The maximum atomic E-state index is 4.28. The van der Waals surface area contributed by atoms with Gasteiger partial charge in [-0.05, 0) is 23.6 Å². The van der Waals surface area contributed by atoms with Crippen LogP contribution >= 0.6 is 0 Å². The van der Waals surface area contributed by atoms with Crippen molar-refractivity contribution in [2.75, 3.05) is 6.54 Å². The van der Waals surface area contributed by atoms with Gasteiger partial charge < -0.3 is 0 Å². The molecule has 3 nitrogen and oxygen atoms in total. The minimum Gasteiger partial charge on any atom is -0.291 e. The van der Waals surface area contributed by atoms with Crippen LogP contribution in [0.25, 0.3) is 0 Å². The van der Waals surface area contributed by atoms with E-state index in [-0.39, 0.29) is 0 Å². The van der Waals surface area contributed by atoms with Gasteiger partial charge in [-0.3, -0.25) is 4.90 Å². The Hall–Kier alpha value is -1.74. The Labute approximate surface area is 101 Å². The highest BCUT2D eigenvalue weighted by Crippen LogP contribution is 2.19. The van der Waals surface area contributed by atoms with Gasteiger partial charge >= 0.3 is 0 Å². The Balaban J connectivity index is 1.72. The fourth-order valence-electron chi connectivity index (χ4n) is 2.30. The third kappa shape index (κ3) is 2.34. The predicted molar refractivity (Wildman–Crippen MR) is 66.3 cm³/mol. The molecule has 0 saturated heterocycles. The fourth-order valence-corrected chi connectivity index (χ4v) is 2.30. The van der Waals surface area contributed by atoms with Gasteiger partial charge in [-0.1, -0.05) is 24.3 Å². The van der Waals surface area contributed by atoms with Crippen molar-refractivity contribution in [1.82, 2.24) is 14.9 Å². The smallest absolute Gasteiger partial charge is 0.142 e. The molecule has 0 spiro atoms. The number of rotatable bonds is 2. The summed E-state index contributed by atoms with van der Waals surface area (Å²) in [5.41, 5.74) is 2.92. The zero-order valence-corrected chi connectivity index (χ0v) is 9.71. The normalized spacial score (nSPS) is 15.5. The van der Waals surface area contributed by atoms with Crippen molar-refractivity contribution in [3.63, 3.8) is 0 Å². The van der Waals surface area contributed by atoms with Crippen molar-refractivity contribution >= 4 is 0 Å². The van der Waals surface area contributed by atoms with Crippen LogP contribution in [0.2, 0.25) is 0 Å². The van der Waals surface area contributed by atoms with E-state index in [0.717, 1.165) is 31.9 Å². The molecule has 2 aromatic rings. The molecule has 0 aliphatic carbocycles. The summed E-state index contributed by atoms with van der Waals surface area (Å²) in [6.45, 7) is 2.94. The van der Waals surface area contributed by atoms with Gasteiger partial charge in [-0.15, -0.1) is 0 Å². The van der Waals surface area contributed by atoms with E-state index >= 15 is 0 Å². The third-order valence-corrected chi connectivity index (χ3v) is 3.19. The molecule has 1 aromatic carbocycles. The van der Waals surface area contributed by atoms with Crippen LogP contribution < -0.4 is 0 Å². The SMILES string of the molecule is c1cnc(CN2CCc3ccccc3C2)nc1. The number of aromatic nitrogens is 2. The highest BCUT2D eigenvalue weighted by Gasteiger charge is 2.16. The van der Waals surface area contributed by atoms with E-state index in [1.54, 1.807) is 12.4 Å². The number of fused-ring (bicyclic) bond motifs is 1. The molecular weight excluding hydrogens is 210 g/mol. The Morgan fingerprint density at radius 2 is 1.76 bits per heavy atom. The van der Waals surface area contributed by atoms with Gasteiger partial charge in [0.1, 0.15) is 5.82 Å². The minimum absolute atomic E-state index is 0.842. The lowest BCUT2D eigenvalue weighted by atomic mass is 10.00. The molecule has 3 rings (SSSR count). The van der Waals surface area contributed by atoms with Crippen LogP contribution in [0.15, 0.2) is 42.7 Å². The number of hydrogen-bond acceptors (Lipinski definition) is 3. The van der Waals surface area contributed by atoms with Crippen molar-refractivity contribution in [2.45, 2.75) is 19.5 Å². The quantitative estimate of drug-likeness (QED) is 0.783. The third-order valence-electron chi connectivity index (χ3n) is 3.19. The summed E-state index contributed by atoms with van der Waals surface area (Å²) in [4.78, 5) is 11.0. The van der Waals surface area contributed by atoms with E-state index in [1.807, 2.05) is 6.07 Å². The highest BCUT2D eigenvalue weighted by atomic mass is 15.1. The van der Waals surface area contributed by atoms with Gasteiger partial charge in [-0.2, -0.15) is 0 Å². The maximum Gasteiger partial charge on any atom is 0.142 e. The lowest BCUT2D eigenvalue weighted by molar-refractivity contribution is 0.239. The summed E-state index contributed by atoms with van der Waals surface area (Å²) in [5, 5.41) is 0. The zero-order valence-electron chi connectivity index (χ0n) is 9.71. The second-order valence-electron chi connectivity index (χ2n) is 4.39. The van der Waals surface area contributed by atoms with E-state index in [2.05, 4.69) is 39.1 Å². The monoisotopic (exact) mass is 225 g/mol. The standard InChI is InChI=1S/C14H15N3/c1-2-5-13-10-17(9-6-12(13)4-1)11-14-15-7-3-8-16-14/h1-5,7-8H,6,9-11H2. The van der Waals surface area contributed by atoms with Crippen LogP contribution in [-0.4, -0.2) is 21.4 Å². The van der Waals surface area contributed by atoms with Gasteiger partial charge in [0, 0.05) is 25.5 Å². The van der Waals surface area contributed by atoms with Crippen LogP contribution in [0.5, 0.6) is 0 Å². The van der Waals surface area contributed by atoms with Gasteiger partial charge in [0.05, 0.1) is 6.54 Å². The molecule has 0 saturated carbocycles. The Morgan fingerprint density at radius 1 is 1.00 bits per heavy atom. The van der Waals surface area contributed by atoms with Gasteiger partial charge in [-0.25, -0.2) is 9.97 Å². The Morgan fingerprint density at radius 3 is 2.59 bits per heavy atom. The van der Waals surface area contributed by atoms with Crippen molar-refractivity contribution in [1.29, 1.82) is 0 Å². The first-order valence-corrected chi connectivity index (χ1v) is 5.97. The highest BCUT2D eigenvalue weighted by molar-refractivity contribution is 5.29. The zero-order chi connectivity index (χ0) is 11.5. The summed E-state index contributed by atoms with van der Waals surface area (Å²) in [7, 11) is 0. The van der Waals surface area contributed by atoms with Crippen molar-refractivity contribution in [3.8, 4) is 0 Å². The van der Waals surface area contributed by atoms with Gasteiger partial charge in [0.25, 0.3) is 0 Å². The van der Waals surface area contributed by atoms with Gasteiger partial charge in [0.15, 0.2) is 0 Å². The molecule has 86 valence electrons. The first kappa shape index (κ1) is 10.4. The van der Waals surface area contributed by atoms with Crippen LogP contribution in [0.3, 0.4) is 0 Å². The molecule has 0 atom stereocenters. The van der Waals surface area contributed by atoms with E-state index < -0.39 is 0 Å². The summed E-state index contributed by atoms with van der Waals surface area (Å²) in [6, 6.07) is 10.5. The first-order chi connectivity index (χ1) is 8.42. The molecule has 3 heteroatoms. The molecule has 1 aliphatic heterocycles. The van der Waals surface area contributed by atoms with Crippen LogP contribution in [0.1, 0.15) is 17.0 Å². The molecule has 0 radical (unpaired) electrons. The number of nitrogens with zero attached hydrogens (tertiary/aromatic N) is 3. The molecule has 0 fully saturated rings. The molecule has 2 heterocycles. The maximum absolute atomic E-state index is 4.28. The van der Waals surface area contributed by atoms with Gasteiger partial charge in [0.2, 0.25) is 0 Å². The molecule has 0 unspecified atom stereocenters. The van der Waals surface area contributed by atoms with E-state index in [9.17, 15) is 0 Å². The summed E-state index contributed by atoms with van der Waals surface area (Å²) in [6.07, 6.45) is 4.74. The van der Waals surface area contributed by atoms with Crippen molar-refractivity contribution in [3.05, 3.63) is 59.7 Å². The van der Waals surface area contributed by atoms with Crippen LogP contribution in [0, 0.1) is 0 Å². The van der Waals surface area contributed by atoms with Crippen LogP contribution in [0.4, 0.5) is 0 Å². The average molecular weight is 225 g/mol. The largest absolute Gasteiger partial charge is 0.291 e. The van der Waals surface area contributed by atoms with Crippen molar-refractivity contribution < 1.29 is 0 Å². The van der Waals surface area contributed by atoms with E-state index in [4.69, 9.17) is 0 Å². The number of hydrogen-bond donors (Lipinski definition) is 0. The minimum atomic E-state index is 0.842. The molecule has 0 N–H and O–H groups in total. The van der Waals surface area contributed by atoms with E-state index in [1.165, 1.54) is 11.1 Å². The summed E-state index contributed by atoms with van der Waals surface area (Å²) in [5.74, 6) is 0.909. The number of benzene rings is 1. The Kier molecular flexibility index (Phi) is 2.84. The molecule has 0 amide bonds. The molecule has 1 aliphatic rings. The lowest BCUT2D eigenvalue weighted by Gasteiger charge is -2.27. The lowest BCUT2D eigenvalue weighted by Crippen LogP contribution is -2.30. The topological polar surface area (TPSA) is 29.0 Å². The second kappa shape index (κ2) is 4.63. The molecule has 1 aromatic heterocycles. The fraction of sp³-hybridized carbons (Fsp3) is 0.286. The summed E-state index contributed by atoms with van der Waals surface area (Å²) < 4.78 is 0. The Bertz CT molecular complexity index is 496. The first-order valence-electron chi connectivity index (χ1n) is 5.97. The average Bonchev–Trinajstić information content (AvgIpc) is 2.40. The molecular formula is C14H15N3. The summed E-state index contributed by atoms with van der Waals surface area (Å²) >= 11 is 0. The molecule has 0 bridgehead atoms. The van der Waals surface area contributed by atoms with Crippen molar-refractivity contribution in [2.24, 2.45) is 0 Å². The molecule has 17 heavy (non-hydrogen) atoms. The predicted octanol–water partition coefficient (Wildman–Crippen LogP) is 2.03. The second-order valence-corrected chi connectivity index (χ2v) is 4.39. The van der Waals surface area contributed by atoms with Crippen LogP contribution in [-0.2, 0) is 19.5 Å². The van der Waals surface area contributed by atoms with E-state index in [0.29, 0.717) is 0 Å².